The number of amides is 1. The summed E-state index contributed by atoms with van der Waals surface area (Å²) in [4.78, 5) is 12.2. The molecule has 182 valence electrons. The summed E-state index contributed by atoms with van der Waals surface area (Å²) in [5.41, 5.74) is 4.75. The van der Waals surface area contributed by atoms with Gasteiger partial charge in [-0.15, -0.1) is 5.54 Å². The Morgan fingerprint density at radius 3 is 1.84 bits per heavy atom. The van der Waals surface area contributed by atoms with Crippen LogP contribution in [0, 0.1) is 11.5 Å². The predicted octanol–water partition coefficient (Wildman–Crippen LogP) is 7.51. The maximum Gasteiger partial charge on any atom is 0.408 e. The predicted molar refractivity (Wildman–Crippen MR) is 140 cm³/mol. The Labute approximate surface area is 195 Å². The lowest BCUT2D eigenvalue weighted by Gasteiger charge is -2.42. The van der Waals surface area contributed by atoms with Crippen molar-refractivity contribution in [1.29, 1.82) is 0 Å². The second-order valence-corrected chi connectivity index (χ2v) is 21.9. The lowest BCUT2D eigenvalue weighted by atomic mass is 10.1. The van der Waals surface area contributed by atoms with E-state index in [4.69, 9.17) is 9.16 Å². The summed E-state index contributed by atoms with van der Waals surface area (Å²) in [6, 6.07) is -0.155. The van der Waals surface area contributed by atoms with Crippen LogP contribution in [0.3, 0.4) is 0 Å². The van der Waals surface area contributed by atoms with Gasteiger partial charge in [-0.2, -0.15) is 0 Å². The van der Waals surface area contributed by atoms with Crippen LogP contribution in [0.1, 0.15) is 88.0 Å². The van der Waals surface area contributed by atoms with Crippen molar-refractivity contribution in [1.82, 2.24) is 5.32 Å². The molecule has 0 aliphatic rings. The average molecular weight is 470 g/mol. The van der Waals surface area contributed by atoms with E-state index in [1.807, 2.05) is 20.8 Å². The largest absolute Gasteiger partial charge is 0.444 e. The van der Waals surface area contributed by atoms with Crippen molar-refractivity contribution in [3.05, 3.63) is 0 Å². The number of carbonyl (C=O) groups is 1. The van der Waals surface area contributed by atoms with Crippen LogP contribution in [-0.2, 0) is 9.16 Å². The molecule has 0 saturated heterocycles. The Morgan fingerprint density at radius 2 is 1.42 bits per heavy atom. The van der Waals surface area contributed by atoms with E-state index in [9.17, 15) is 4.79 Å². The van der Waals surface area contributed by atoms with E-state index in [2.05, 4.69) is 78.0 Å². The van der Waals surface area contributed by atoms with Gasteiger partial charge < -0.3 is 14.5 Å². The fraction of sp³-hybridized carbons (Fsp3) is 0.880. The van der Waals surface area contributed by atoms with Gasteiger partial charge in [0.15, 0.2) is 8.32 Å². The van der Waals surface area contributed by atoms with Crippen LogP contribution in [0.5, 0.6) is 0 Å². The highest BCUT2D eigenvalue weighted by atomic mass is 28.4. The molecule has 0 saturated carbocycles. The molecule has 0 rings (SSSR count). The van der Waals surface area contributed by atoms with Crippen LogP contribution < -0.4 is 5.32 Å². The molecule has 1 amide bonds. The number of hydrogen-bond acceptors (Lipinski definition) is 3. The van der Waals surface area contributed by atoms with Crippen LogP contribution in [0.2, 0.25) is 36.3 Å². The molecule has 0 aromatic heterocycles. The van der Waals surface area contributed by atoms with Gasteiger partial charge in [-0.05, 0) is 50.2 Å². The first-order valence-electron chi connectivity index (χ1n) is 12.2. The van der Waals surface area contributed by atoms with Gasteiger partial charge >= 0.3 is 6.09 Å². The maximum absolute atomic E-state index is 12.2. The van der Waals surface area contributed by atoms with E-state index in [1.54, 1.807) is 0 Å². The SMILES string of the molecule is CC(C)[Si](OCCCCC[C@H](C#C[Si](C)(C)C)NC(=O)OC(C)(C)C)(C(C)C)C(C)C. The molecule has 4 nitrogen and oxygen atoms in total. The molecular weight excluding hydrogens is 418 g/mol. The number of nitrogens with one attached hydrogen (secondary N) is 1. The third-order valence-corrected chi connectivity index (χ3v) is 12.5. The van der Waals surface area contributed by atoms with Crippen LogP contribution in [0.25, 0.3) is 0 Å². The van der Waals surface area contributed by atoms with E-state index in [1.165, 1.54) is 0 Å². The van der Waals surface area contributed by atoms with Crippen molar-refractivity contribution >= 4 is 22.5 Å². The molecule has 0 spiro atoms. The average Bonchev–Trinajstić information content (AvgIpc) is 2.55. The van der Waals surface area contributed by atoms with Crippen molar-refractivity contribution < 1.29 is 14.0 Å². The quantitative estimate of drug-likeness (QED) is 0.193. The third-order valence-electron chi connectivity index (χ3n) is 5.51. The minimum atomic E-state index is -1.78. The summed E-state index contributed by atoms with van der Waals surface area (Å²) in [5, 5.41) is 2.97. The number of hydrogen-bond donors (Lipinski definition) is 1. The topological polar surface area (TPSA) is 47.6 Å². The minimum Gasteiger partial charge on any atom is -0.444 e. The molecule has 0 radical (unpaired) electrons. The first kappa shape index (κ1) is 30.2. The molecule has 0 aliphatic carbocycles. The van der Waals surface area contributed by atoms with Gasteiger partial charge in [-0.3, -0.25) is 0 Å². The summed E-state index contributed by atoms with van der Waals surface area (Å²) >= 11 is 0. The summed E-state index contributed by atoms with van der Waals surface area (Å²) in [6.45, 7) is 27.1. The molecular formula is C25H51NO3Si2. The molecule has 6 heteroatoms. The van der Waals surface area contributed by atoms with Gasteiger partial charge in [0.2, 0.25) is 0 Å². The number of rotatable bonds is 11. The lowest BCUT2D eigenvalue weighted by Crippen LogP contribution is -2.47. The van der Waals surface area contributed by atoms with Crippen LogP contribution in [-0.4, -0.2) is 40.7 Å². The van der Waals surface area contributed by atoms with Crippen LogP contribution in [0.4, 0.5) is 4.79 Å². The van der Waals surface area contributed by atoms with E-state index < -0.39 is 22.0 Å². The van der Waals surface area contributed by atoms with E-state index in [-0.39, 0.29) is 12.1 Å². The van der Waals surface area contributed by atoms with E-state index >= 15 is 0 Å². The molecule has 1 N–H and O–H groups in total. The summed E-state index contributed by atoms with van der Waals surface area (Å²) < 4.78 is 12.1. The van der Waals surface area contributed by atoms with Crippen molar-refractivity contribution in [2.45, 2.75) is 136 Å². The van der Waals surface area contributed by atoms with Gasteiger partial charge in [-0.25, -0.2) is 4.79 Å². The van der Waals surface area contributed by atoms with Gasteiger partial charge in [-0.1, -0.05) is 79.9 Å². The Hall–Kier alpha value is -0.776. The van der Waals surface area contributed by atoms with Gasteiger partial charge in [0.1, 0.15) is 13.7 Å². The molecule has 0 heterocycles. The molecule has 0 aromatic rings. The molecule has 0 aliphatic heterocycles. The molecule has 31 heavy (non-hydrogen) atoms. The highest BCUT2D eigenvalue weighted by Crippen LogP contribution is 2.42. The zero-order chi connectivity index (χ0) is 24.5. The smallest absolute Gasteiger partial charge is 0.408 e. The number of alkyl carbamates (subject to hydrolysis) is 1. The molecule has 0 aromatic carbocycles. The molecule has 0 bridgehead atoms. The normalized spacial score (nSPS) is 13.9. The molecule has 1 atom stereocenters. The summed E-state index contributed by atoms with van der Waals surface area (Å²) in [5.74, 6) is 3.31. The first-order chi connectivity index (χ1) is 14.0. The Morgan fingerprint density at radius 1 is 0.903 bits per heavy atom. The number of carbonyl (C=O) groups excluding carboxylic acids is 1. The van der Waals surface area contributed by atoms with E-state index in [0.29, 0.717) is 16.6 Å². The third kappa shape index (κ3) is 12.1. The second kappa shape index (κ2) is 13.1. The zero-order valence-corrected chi connectivity index (χ0v) is 24.6. The van der Waals surface area contributed by atoms with Crippen molar-refractivity contribution in [2.75, 3.05) is 6.61 Å². The lowest BCUT2D eigenvalue weighted by molar-refractivity contribution is 0.0514. The number of ether oxygens (including phenoxy) is 1. The molecule has 0 unspecified atom stereocenters. The maximum atomic E-state index is 12.2. The van der Waals surface area contributed by atoms with Crippen LogP contribution in [0.15, 0.2) is 0 Å². The monoisotopic (exact) mass is 469 g/mol. The van der Waals surface area contributed by atoms with Crippen LogP contribution >= 0.6 is 0 Å². The Balaban J connectivity index is 4.77. The highest BCUT2D eigenvalue weighted by molar-refractivity contribution is 6.83. The fourth-order valence-electron chi connectivity index (χ4n) is 4.31. The van der Waals surface area contributed by atoms with Crippen molar-refractivity contribution in [2.24, 2.45) is 0 Å². The van der Waals surface area contributed by atoms with Gasteiger partial charge in [0, 0.05) is 6.61 Å². The second-order valence-electron chi connectivity index (χ2n) is 11.7. The Bertz CT molecular complexity index is 571. The summed E-state index contributed by atoms with van der Waals surface area (Å²) in [7, 11) is -3.28. The standard InChI is InChI=1S/C25H51NO3Si2/c1-20(2)31(21(3)4,22(5)6)28-18-15-13-14-16-23(17-19-30(10,11)12)26-24(27)29-25(7,8)9/h20-23H,13-16,18H2,1-12H3,(H,26,27)/t23-/m1/s1. The first-order valence-corrected chi connectivity index (χ1v) is 17.8. The van der Waals surface area contributed by atoms with Gasteiger partial charge in [0.05, 0.1) is 6.04 Å². The zero-order valence-electron chi connectivity index (χ0n) is 22.6. The highest BCUT2D eigenvalue weighted by Gasteiger charge is 2.44. The van der Waals surface area contributed by atoms with Crippen molar-refractivity contribution in [3.63, 3.8) is 0 Å². The number of unbranched alkanes of at least 4 members (excludes halogenated alkanes) is 2. The summed E-state index contributed by atoms with van der Waals surface area (Å²) in [6.07, 6.45) is 3.62. The van der Waals surface area contributed by atoms with Gasteiger partial charge in [0.25, 0.3) is 0 Å². The minimum absolute atomic E-state index is 0.155. The van der Waals surface area contributed by atoms with E-state index in [0.717, 1.165) is 32.3 Å². The molecule has 0 fully saturated rings. The van der Waals surface area contributed by atoms with Crippen molar-refractivity contribution in [3.8, 4) is 11.5 Å². The fourth-order valence-corrected chi connectivity index (χ4v) is 10.4. The Kier molecular flexibility index (Phi) is 12.7.